The highest BCUT2D eigenvalue weighted by atomic mass is 33.1. The van der Waals surface area contributed by atoms with Gasteiger partial charge >= 0.3 is 5.77 Å². The monoisotopic (exact) mass is 368 g/mol. The minimum Gasteiger partial charge on any atom is -0.454 e. The maximum atomic E-state index is 12.5. The van der Waals surface area contributed by atoms with Gasteiger partial charge in [0.05, 0.1) is 0 Å². The molecule has 3 aliphatic rings. The Morgan fingerprint density at radius 1 is 0.826 bits per heavy atom. The van der Waals surface area contributed by atoms with E-state index in [4.69, 9.17) is 18.9 Å². The summed E-state index contributed by atoms with van der Waals surface area (Å²) in [6.07, 6.45) is 0. The fourth-order valence-corrected chi connectivity index (χ4v) is 8.46. The molecule has 0 aliphatic carbocycles. The minimum atomic E-state index is -3.50. The summed E-state index contributed by atoms with van der Waals surface area (Å²) in [5.41, 5.74) is 1.45. The van der Waals surface area contributed by atoms with Crippen LogP contribution in [0.2, 0.25) is 0 Å². The van der Waals surface area contributed by atoms with Crippen LogP contribution in [0.15, 0.2) is 34.1 Å². The van der Waals surface area contributed by atoms with Crippen molar-refractivity contribution >= 4 is 28.5 Å². The molecular weight excluding hydrogens is 359 g/mol. The first-order valence-electron chi connectivity index (χ1n) is 6.70. The van der Waals surface area contributed by atoms with Crippen molar-refractivity contribution < 1.29 is 28.4 Å². The molecule has 2 aromatic carbocycles. The molecule has 0 unspecified atom stereocenters. The molecule has 0 fully saturated rings. The molecule has 0 amide bonds. The topological polar surface area (TPSA) is 74.2 Å². The van der Waals surface area contributed by atoms with Crippen LogP contribution in [0, 0.1) is 0 Å². The first-order valence-corrected chi connectivity index (χ1v) is 11.2. The van der Waals surface area contributed by atoms with Crippen molar-refractivity contribution in [2.45, 2.75) is 9.79 Å². The summed E-state index contributed by atoms with van der Waals surface area (Å²) in [7, 11) is 0. The Morgan fingerprint density at radius 2 is 1.30 bits per heavy atom. The van der Waals surface area contributed by atoms with Gasteiger partial charge < -0.3 is 23.8 Å². The molecule has 1 N–H and O–H groups in total. The molecule has 3 aliphatic heterocycles. The zero-order chi connectivity index (χ0) is 15.6. The van der Waals surface area contributed by atoms with Crippen molar-refractivity contribution in [2.24, 2.45) is 0 Å². The number of rotatable bonds is 0. The summed E-state index contributed by atoms with van der Waals surface area (Å²) in [5.74, 6) is -1.13. The highest BCUT2D eigenvalue weighted by Crippen LogP contribution is 2.76. The van der Waals surface area contributed by atoms with E-state index in [0.29, 0.717) is 32.8 Å². The Balaban J connectivity index is 1.90. The molecular formula is C14H9O6PS2. The van der Waals surface area contributed by atoms with Crippen LogP contribution < -0.4 is 18.9 Å². The molecule has 0 saturated heterocycles. The average Bonchev–Trinajstić information content (AvgIpc) is 3.13. The van der Waals surface area contributed by atoms with Crippen LogP contribution in [0.1, 0.15) is 0 Å². The van der Waals surface area contributed by atoms with Gasteiger partial charge in [-0.05, 0) is 47.0 Å². The van der Waals surface area contributed by atoms with Gasteiger partial charge in [0, 0.05) is 20.9 Å². The second-order valence-corrected chi connectivity index (χ2v) is 11.9. The van der Waals surface area contributed by atoms with E-state index in [1.807, 2.05) is 0 Å². The molecule has 6 nitrogen and oxygen atoms in total. The molecule has 0 atom stereocenters. The third-order valence-electron chi connectivity index (χ3n) is 3.68. The van der Waals surface area contributed by atoms with Crippen LogP contribution in [0.25, 0.3) is 11.1 Å². The average molecular weight is 368 g/mol. The van der Waals surface area contributed by atoms with Gasteiger partial charge in [-0.1, -0.05) is 0 Å². The number of hydrogen-bond acceptors (Lipinski definition) is 7. The van der Waals surface area contributed by atoms with Gasteiger partial charge in [0.15, 0.2) is 23.0 Å². The lowest BCUT2D eigenvalue weighted by molar-refractivity contribution is 0.172. The third-order valence-corrected chi connectivity index (χ3v) is 9.12. The van der Waals surface area contributed by atoms with Gasteiger partial charge in [-0.25, -0.2) is 0 Å². The number of ether oxygens (including phenoxy) is 4. The Kier molecular flexibility index (Phi) is 2.89. The second-order valence-electron chi connectivity index (χ2n) is 5.00. The van der Waals surface area contributed by atoms with Crippen LogP contribution in [0.5, 0.6) is 23.0 Å². The van der Waals surface area contributed by atoms with Crippen LogP contribution in [0.4, 0.5) is 0 Å². The largest absolute Gasteiger partial charge is 0.454 e. The summed E-state index contributed by atoms with van der Waals surface area (Å²) in [4.78, 5) is 11.6. The van der Waals surface area contributed by atoms with E-state index in [-0.39, 0.29) is 13.6 Å². The molecule has 3 heterocycles. The fraction of sp³-hybridized carbons (Fsp3) is 0.143. The molecule has 0 radical (unpaired) electrons. The Labute approximate surface area is 139 Å². The lowest BCUT2D eigenvalue weighted by Crippen LogP contribution is -1.95. The van der Waals surface area contributed by atoms with Gasteiger partial charge in [0.2, 0.25) is 13.6 Å². The maximum Gasteiger partial charge on any atom is 0.320 e. The van der Waals surface area contributed by atoms with Crippen LogP contribution >= 0.6 is 28.5 Å². The predicted octanol–water partition coefficient (Wildman–Crippen LogP) is 4.11. The van der Waals surface area contributed by atoms with Gasteiger partial charge in [-0.15, -0.1) is 0 Å². The SMILES string of the molecule is O=P1(O)Sc2ccc3c(c2-c2c(ccc4c2OCO4)S1)OCO3. The van der Waals surface area contributed by atoms with E-state index in [1.54, 1.807) is 24.3 Å². The summed E-state index contributed by atoms with van der Waals surface area (Å²) < 4.78 is 34.7. The van der Waals surface area contributed by atoms with E-state index in [2.05, 4.69) is 0 Å². The molecule has 118 valence electrons. The zero-order valence-corrected chi connectivity index (χ0v) is 14.0. The molecule has 0 saturated carbocycles. The molecule has 23 heavy (non-hydrogen) atoms. The molecule has 0 aromatic heterocycles. The van der Waals surface area contributed by atoms with E-state index in [9.17, 15) is 9.46 Å². The summed E-state index contributed by atoms with van der Waals surface area (Å²) in [6, 6.07) is 7.07. The Hall–Kier alpha value is -1.47. The summed E-state index contributed by atoms with van der Waals surface area (Å²) in [5, 5.41) is 0. The van der Waals surface area contributed by atoms with Crippen LogP contribution in [0.3, 0.4) is 0 Å². The standard InChI is InChI=1S/C14H9O6PS2/c15-21(16)22-9-3-1-7-13(19-5-17-7)11(9)12-10(23-21)4-2-8-14(12)20-6-18-8/h1-4H,5-6H2,(H,15,16). The van der Waals surface area contributed by atoms with Crippen molar-refractivity contribution in [1.29, 1.82) is 0 Å². The lowest BCUT2D eigenvalue weighted by atomic mass is 10.0. The first kappa shape index (κ1) is 13.9. The highest BCUT2D eigenvalue weighted by molar-refractivity contribution is 8.89. The smallest absolute Gasteiger partial charge is 0.320 e. The highest BCUT2D eigenvalue weighted by Gasteiger charge is 2.37. The fourth-order valence-electron chi connectivity index (χ4n) is 2.80. The molecule has 2 aromatic rings. The molecule has 5 rings (SSSR count). The second kappa shape index (κ2) is 4.77. The molecule has 0 spiro atoms. The lowest BCUT2D eigenvalue weighted by Gasteiger charge is -2.13. The van der Waals surface area contributed by atoms with E-state index in [0.717, 1.165) is 33.9 Å². The van der Waals surface area contributed by atoms with E-state index >= 15 is 0 Å². The van der Waals surface area contributed by atoms with Gasteiger partial charge in [-0.3, -0.25) is 4.57 Å². The Morgan fingerprint density at radius 3 is 1.78 bits per heavy atom. The third kappa shape index (κ3) is 2.06. The van der Waals surface area contributed by atoms with Crippen molar-refractivity contribution in [3.05, 3.63) is 24.3 Å². The van der Waals surface area contributed by atoms with E-state index in [1.165, 1.54) is 0 Å². The maximum absolute atomic E-state index is 12.5. The molecule has 0 bridgehead atoms. The van der Waals surface area contributed by atoms with Crippen molar-refractivity contribution in [2.75, 3.05) is 13.6 Å². The van der Waals surface area contributed by atoms with Gasteiger partial charge in [-0.2, -0.15) is 0 Å². The Bertz CT molecular complexity index is 830. The summed E-state index contributed by atoms with van der Waals surface area (Å²) in [6.45, 7) is 0.254. The van der Waals surface area contributed by atoms with Crippen LogP contribution in [-0.2, 0) is 4.57 Å². The van der Waals surface area contributed by atoms with E-state index < -0.39 is 5.77 Å². The van der Waals surface area contributed by atoms with Crippen molar-refractivity contribution in [3.8, 4) is 34.1 Å². The van der Waals surface area contributed by atoms with Crippen LogP contribution in [-0.4, -0.2) is 18.5 Å². The minimum absolute atomic E-state index is 0.127. The van der Waals surface area contributed by atoms with Gasteiger partial charge in [0.1, 0.15) is 0 Å². The molecule has 9 heteroatoms. The van der Waals surface area contributed by atoms with Gasteiger partial charge in [0.25, 0.3) is 0 Å². The first-order chi connectivity index (χ1) is 11.1. The van der Waals surface area contributed by atoms with Crippen molar-refractivity contribution in [1.82, 2.24) is 0 Å². The normalized spacial score (nSPS) is 19.0. The predicted molar refractivity (Wildman–Crippen MR) is 85.7 cm³/mol. The van der Waals surface area contributed by atoms with Crippen molar-refractivity contribution in [3.63, 3.8) is 0 Å². The number of hydrogen-bond donors (Lipinski definition) is 1. The number of benzene rings is 2. The quantitative estimate of drug-likeness (QED) is 0.697. The summed E-state index contributed by atoms with van der Waals surface area (Å²) >= 11 is 1.89. The zero-order valence-electron chi connectivity index (χ0n) is 11.5. The number of fused-ring (bicyclic) bond motifs is 7.